The van der Waals surface area contributed by atoms with Crippen molar-refractivity contribution in [3.63, 3.8) is 0 Å². The maximum absolute atomic E-state index is 11.2. The fourth-order valence-electron chi connectivity index (χ4n) is 3.18. The molecule has 2 N–H and O–H groups in total. The molecule has 3 heteroatoms. The Morgan fingerprint density at radius 3 is 2.50 bits per heavy atom. The number of primary amides is 1. The van der Waals surface area contributed by atoms with E-state index in [0.29, 0.717) is 0 Å². The van der Waals surface area contributed by atoms with Crippen LogP contribution in [0, 0.1) is 11.8 Å². The van der Waals surface area contributed by atoms with Crippen LogP contribution in [0.5, 0.6) is 0 Å². The van der Waals surface area contributed by atoms with Gasteiger partial charge in [-0.25, -0.2) is 0 Å². The van der Waals surface area contributed by atoms with Gasteiger partial charge in [0.05, 0.1) is 5.92 Å². The fourth-order valence-corrected chi connectivity index (χ4v) is 3.18. The molecular formula is C13H24N2O. The number of rotatable bonds is 2. The lowest BCUT2D eigenvalue weighted by molar-refractivity contribution is -0.123. The van der Waals surface area contributed by atoms with Gasteiger partial charge in [0.25, 0.3) is 0 Å². The second-order valence-corrected chi connectivity index (χ2v) is 5.65. The largest absolute Gasteiger partial charge is 0.369 e. The molecule has 3 nitrogen and oxygen atoms in total. The lowest BCUT2D eigenvalue weighted by Gasteiger charge is -2.40. The van der Waals surface area contributed by atoms with Gasteiger partial charge in [0.15, 0.2) is 0 Å². The molecule has 92 valence electrons. The predicted octanol–water partition coefficient (Wildman–Crippen LogP) is 1.76. The Bertz CT molecular complexity index is 246. The number of carbonyl (C=O) groups is 1. The number of nitrogens with zero attached hydrogens (tertiary/aromatic N) is 1. The first-order valence-electron chi connectivity index (χ1n) is 6.70. The van der Waals surface area contributed by atoms with Crippen molar-refractivity contribution < 1.29 is 4.79 Å². The summed E-state index contributed by atoms with van der Waals surface area (Å²) in [6.45, 7) is 4.43. The number of amides is 1. The van der Waals surface area contributed by atoms with Crippen LogP contribution in [0.3, 0.4) is 0 Å². The summed E-state index contributed by atoms with van der Waals surface area (Å²) in [7, 11) is 0. The van der Waals surface area contributed by atoms with Crippen LogP contribution in [-0.4, -0.2) is 29.9 Å². The number of likely N-dealkylation sites (tertiary alicyclic amines) is 1. The number of nitrogens with two attached hydrogens (primary N) is 1. The standard InChI is InChI=1S/C13H24N2O/c1-10-4-6-12(7-5-10)15-8-2-3-11(9-15)13(14)16/h10-12H,2-9H2,1H3,(H2,14,16). The maximum atomic E-state index is 11.2. The molecule has 1 atom stereocenters. The predicted molar refractivity (Wildman–Crippen MR) is 64.9 cm³/mol. The summed E-state index contributed by atoms with van der Waals surface area (Å²) < 4.78 is 0. The van der Waals surface area contributed by atoms with Crippen molar-refractivity contribution >= 4 is 5.91 Å². The molecule has 1 unspecified atom stereocenters. The number of carbonyl (C=O) groups excluding carboxylic acids is 1. The fraction of sp³-hybridized carbons (Fsp3) is 0.923. The molecule has 0 aromatic carbocycles. The summed E-state index contributed by atoms with van der Waals surface area (Å²) in [5.74, 6) is 0.898. The molecule has 0 radical (unpaired) electrons. The number of hydrogen-bond donors (Lipinski definition) is 1. The monoisotopic (exact) mass is 224 g/mol. The highest BCUT2D eigenvalue weighted by Gasteiger charge is 2.30. The topological polar surface area (TPSA) is 46.3 Å². The number of piperidine rings is 1. The van der Waals surface area contributed by atoms with Crippen LogP contribution in [-0.2, 0) is 4.79 Å². The van der Waals surface area contributed by atoms with Crippen molar-refractivity contribution in [3.05, 3.63) is 0 Å². The van der Waals surface area contributed by atoms with Gasteiger partial charge >= 0.3 is 0 Å². The average molecular weight is 224 g/mol. The Kier molecular flexibility index (Phi) is 3.85. The molecule has 0 aromatic heterocycles. The van der Waals surface area contributed by atoms with Crippen LogP contribution in [0.1, 0.15) is 45.4 Å². The molecule has 1 aliphatic carbocycles. The minimum absolute atomic E-state index is 0.103. The minimum Gasteiger partial charge on any atom is -0.369 e. The Morgan fingerprint density at radius 1 is 1.19 bits per heavy atom. The van der Waals surface area contributed by atoms with Crippen LogP contribution < -0.4 is 5.73 Å². The first kappa shape index (κ1) is 11.9. The van der Waals surface area contributed by atoms with Gasteiger partial charge in [-0.15, -0.1) is 0 Å². The van der Waals surface area contributed by atoms with E-state index in [1.54, 1.807) is 0 Å². The molecule has 2 aliphatic rings. The lowest BCUT2D eigenvalue weighted by Crippen LogP contribution is -2.47. The molecule has 0 aromatic rings. The smallest absolute Gasteiger partial charge is 0.221 e. The third-order valence-corrected chi connectivity index (χ3v) is 4.36. The highest BCUT2D eigenvalue weighted by molar-refractivity contribution is 5.76. The van der Waals surface area contributed by atoms with Crippen LogP contribution in [0.2, 0.25) is 0 Å². The molecule has 16 heavy (non-hydrogen) atoms. The molecule has 2 rings (SSSR count). The lowest BCUT2D eigenvalue weighted by atomic mass is 9.85. The quantitative estimate of drug-likeness (QED) is 0.777. The van der Waals surface area contributed by atoms with E-state index in [0.717, 1.165) is 31.3 Å². The van der Waals surface area contributed by atoms with Crippen molar-refractivity contribution in [2.45, 2.75) is 51.5 Å². The summed E-state index contributed by atoms with van der Waals surface area (Å²) in [5.41, 5.74) is 5.42. The Hall–Kier alpha value is -0.570. The van der Waals surface area contributed by atoms with E-state index in [2.05, 4.69) is 11.8 Å². The molecule has 1 aliphatic heterocycles. The third kappa shape index (κ3) is 2.76. The molecule has 0 bridgehead atoms. The maximum Gasteiger partial charge on any atom is 0.221 e. The highest BCUT2D eigenvalue weighted by Crippen LogP contribution is 2.29. The van der Waals surface area contributed by atoms with E-state index in [4.69, 9.17) is 5.73 Å². The van der Waals surface area contributed by atoms with Gasteiger partial charge in [-0.2, -0.15) is 0 Å². The summed E-state index contributed by atoms with van der Waals surface area (Å²) in [4.78, 5) is 13.7. The zero-order valence-electron chi connectivity index (χ0n) is 10.3. The molecule has 1 saturated carbocycles. The first-order chi connectivity index (χ1) is 7.66. The zero-order valence-corrected chi connectivity index (χ0v) is 10.3. The van der Waals surface area contributed by atoms with Gasteiger partial charge in [-0.1, -0.05) is 6.92 Å². The van der Waals surface area contributed by atoms with Crippen molar-refractivity contribution in [2.75, 3.05) is 13.1 Å². The van der Waals surface area contributed by atoms with E-state index in [9.17, 15) is 4.79 Å². The van der Waals surface area contributed by atoms with Crippen molar-refractivity contribution in [1.29, 1.82) is 0 Å². The van der Waals surface area contributed by atoms with Gasteiger partial charge in [-0.3, -0.25) is 9.69 Å². The second-order valence-electron chi connectivity index (χ2n) is 5.65. The van der Waals surface area contributed by atoms with Gasteiger partial charge < -0.3 is 5.73 Å². The van der Waals surface area contributed by atoms with Crippen LogP contribution >= 0.6 is 0 Å². The van der Waals surface area contributed by atoms with Crippen molar-refractivity contribution in [1.82, 2.24) is 4.90 Å². The van der Waals surface area contributed by atoms with Gasteiger partial charge in [-0.05, 0) is 51.0 Å². The molecule has 2 fully saturated rings. The number of hydrogen-bond acceptors (Lipinski definition) is 2. The van der Waals surface area contributed by atoms with Crippen LogP contribution in [0.15, 0.2) is 0 Å². The zero-order chi connectivity index (χ0) is 11.5. The van der Waals surface area contributed by atoms with Crippen LogP contribution in [0.4, 0.5) is 0 Å². The van der Waals surface area contributed by atoms with E-state index in [1.165, 1.54) is 32.2 Å². The van der Waals surface area contributed by atoms with Crippen molar-refractivity contribution in [2.24, 2.45) is 17.6 Å². The van der Waals surface area contributed by atoms with Crippen molar-refractivity contribution in [3.8, 4) is 0 Å². The van der Waals surface area contributed by atoms with E-state index >= 15 is 0 Å². The van der Waals surface area contributed by atoms with Gasteiger partial charge in [0, 0.05) is 12.6 Å². The normalized spacial score (nSPS) is 37.2. The van der Waals surface area contributed by atoms with E-state index in [1.807, 2.05) is 0 Å². The molecule has 1 heterocycles. The molecule has 1 amide bonds. The summed E-state index contributed by atoms with van der Waals surface area (Å²) in [6, 6.07) is 0.721. The van der Waals surface area contributed by atoms with E-state index < -0.39 is 0 Å². The van der Waals surface area contributed by atoms with Gasteiger partial charge in [0.2, 0.25) is 5.91 Å². The summed E-state index contributed by atoms with van der Waals surface area (Å²) in [6.07, 6.45) is 7.46. The Balaban J connectivity index is 1.87. The van der Waals surface area contributed by atoms with Gasteiger partial charge in [0.1, 0.15) is 0 Å². The Morgan fingerprint density at radius 2 is 1.88 bits per heavy atom. The first-order valence-corrected chi connectivity index (χ1v) is 6.70. The summed E-state index contributed by atoms with van der Waals surface area (Å²) in [5, 5.41) is 0. The van der Waals surface area contributed by atoms with E-state index in [-0.39, 0.29) is 11.8 Å². The average Bonchev–Trinajstić information content (AvgIpc) is 2.30. The second kappa shape index (κ2) is 5.17. The third-order valence-electron chi connectivity index (χ3n) is 4.36. The summed E-state index contributed by atoms with van der Waals surface area (Å²) >= 11 is 0. The molecule has 0 spiro atoms. The Labute approximate surface area is 98.4 Å². The highest BCUT2D eigenvalue weighted by atomic mass is 16.1. The SMILES string of the molecule is CC1CCC(N2CCCC(C(N)=O)C2)CC1. The van der Waals surface area contributed by atoms with Crippen LogP contribution in [0.25, 0.3) is 0 Å². The molecular weight excluding hydrogens is 200 g/mol. The molecule has 1 saturated heterocycles. The minimum atomic E-state index is -0.103.